The van der Waals surface area contributed by atoms with Crippen LogP contribution >= 0.6 is 22.9 Å². The van der Waals surface area contributed by atoms with Gasteiger partial charge in [0, 0.05) is 18.4 Å². The van der Waals surface area contributed by atoms with Gasteiger partial charge in [-0.3, -0.25) is 4.90 Å². The summed E-state index contributed by atoms with van der Waals surface area (Å²) in [5, 5.41) is 12.6. The Morgan fingerprint density at radius 1 is 1.35 bits per heavy atom. The smallest absolute Gasteiger partial charge is 0.413 e. The molecule has 0 fully saturated rings. The number of thiophene rings is 1. The molecule has 184 valence electrons. The second-order valence-electron chi connectivity index (χ2n) is 8.59. The molecule has 12 heteroatoms. The summed E-state index contributed by atoms with van der Waals surface area (Å²) in [6.45, 7) is 7.45. The number of aromatic nitrogens is 2. The zero-order valence-electron chi connectivity index (χ0n) is 19.5. The van der Waals surface area contributed by atoms with E-state index >= 15 is 0 Å². The molecule has 0 aliphatic carbocycles. The molecule has 2 amide bonds. The van der Waals surface area contributed by atoms with Crippen LogP contribution in [0, 0.1) is 6.92 Å². The molecule has 0 aliphatic rings. The molecule has 1 unspecified atom stereocenters. The van der Waals surface area contributed by atoms with E-state index in [0.29, 0.717) is 22.4 Å². The lowest BCUT2D eigenvalue weighted by Gasteiger charge is -2.23. The molecule has 0 spiro atoms. The molecular formula is C22H27ClN4O6S. The number of nitrogens with zero attached hydrogens (tertiary/aromatic N) is 3. The predicted molar refractivity (Wildman–Crippen MR) is 129 cm³/mol. The van der Waals surface area contributed by atoms with Gasteiger partial charge in [-0.15, -0.1) is 11.3 Å². The third kappa shape index (κ3) is 6.37. The van der Waals surface area contributed by atoms with Gasteiger partial charge >= 0.3 is 12.2 Å². The molecule has 1 atom stereocenters. The number of nitrogens with one attached hydrogen (secondary N) is 1. The predicted octanol–water partition coefficient (Wildman–Crippen LogP) is 5.01. The van der Waals surface area contributed by atoms with Crippen LogP contribution in [0.15, 0.2) is 22.8 Å². The summed E-state index contributed by atoms with van der Waals surface area (Å²) in [6.07, 6.45) is 0.137. The van der Waals surface area contributed by atoms with Crippen LogP contribution in [-0.2, 0) is 22.4 Å². The summed E-state index contributed by atoms with van der Waals surface area (Å²) in [5.74, 6) is 0.627. The van der Waals surface area contributed by atoms with Crippen molar-refractivity contribution in [2.75, 3.05) is 18.6 Å². The van der Waals surface area contributed by atoms with Gasteiger partial charge in [0.2, 0.25) is 5.28 Å². The molecule has 0 bridgehead atoms. The van der Waals surface area contributed by atoms with Crippen molar-refractivity contribution >= 4 is 51.2 Å². The van der Waals surface area contributed by atoms with E-state index in [-0.39, 0.29) is 30.3 Å². The molecule has 0 aromatic carbocycles. The third-order valence-electron chi connectivity index (χ3n) is 4.72. The summed E-state index contributed by atoms with van der Waals surface area (Å²) in [5.41, 5.74) is 0.736. The van der Waals surface area contributed by atoms with Crippen LogP contribution in [0.25, 0.3) is 10.2 Å². The van der Waals surface area contributed by atoms with Gasteiger partial charge in [-0.2, -0.15) is 4.98 Å². The fourth-order valence-electron chi connectivity index (χ4n) is 3.31. The van der Waals surface area contributed by atoms with E-state index in [2.05, 4.69) is 15.3 Å². The van der Waals surface area contributed by atoms with Crippen molar-refractivity contribution in [3.05, 3.63) is 39.9 Å². The van der Waals surface area contributed by atoms with Crippen molar-refractivity contribution in [2.45, 2.75) is 52.3 Å². The number of aryl methyl sites for hydroxylation is 1. The average Bonchev–Trinajstić information content (AvgIpc) is 3.33. The van der Waals surface area contributed by atoms with Crippen molar-refractivity contribution in [1.29, 1.82) is 0 Å². The normalized spacial score (nSPS) is 12.5. The lowest BCUT2D eigenvalue weighted by atomic mass is 10.1. The Kier molecular flexibility index (Phi) is 8.01. The minimum Gasteiger partial charge on any atom is -0.467 e. The summed E-state index contributed by atoms with van der Waals surface area (Å²) in [6, 6.07) is 2.98. The Morgan fingerprint density at radius 2 is 2.09 bits per heavy atom. The van der Waals surface area contributed by atoms with E-state index in [9.17, 15) is 14.7 Å². The molecule has 34 heavy (non-hydrogen) atoms. The largest absolute Gasteiger partial charge is 0.467 e. The number of methoxy groups -OCH3 is 1. The zero-order chi connectivity index (χ0) is 25.0. The Hall–Kier alpha value is -2.89. The van der Waals surface area contributed by atoms with Gasteiger partial charge < -0.3 is 24.3 Å². The van der Waals surface area contributed by atoms with Crippen molar-refractivity contribution in [2.24, 2.45) is 0 Å². The summed E-state index contributed by atoms with van der Waals surface area (Å²) in [4.78, 5) is 34.9. The number of hydrogen-bond acceptors (Lipinski definition) is 8. The molecule has 0 radical (unpaired) electrons. The first-order valence-corrected chi connectivity index (χ1v) is 11.6. The van der Waals surface area contributed by atoms with Gasteiger partial charge in [-0.25, -0.2) is 14.6 Å². The number of carboxylic acid groups (broad SMARTS) is 1. The molecule has 2 N–H and O–H groups in total. The highest BCUT2D eigenvalue weighted by molar-refractivity contribution is 7.19. The van der Waals surface area contributed by atoms with Crippen LogP contribution < -0.4 is 10.2 Å². The second-order valence-corrected chi connectivity index (χ2v) is 10.0. The molecule has 3 rings (SSSR count). The van der Waals surface area contributed by atoms with Crippen LogP contribution in [0.3, 0.4) is 0 Å². The van der Waals surface area contributed by atoms with E-state index in [1.165, 1.54) is 17.6 Å². The van der Waals surface area contributed by atoms with Gasteiger partial charge in [0.15, 0.2) is 5.82 Å². The molecule has 10 nitrogen and oxygen atoms in total. The Balaban J connectivity index is 1.95. The zero-order valence-corrected chi connectivity index (χ0v) is 21.1. The number of halogens is 1. The van der Waals surface area contributed by atoms with Gasteiger partial charge in [-0.1, -0.05) is 0 Å². The van der Waals surface area contributed by atoms with Crippen LogP contribution in [0.2, 0.25) is 5.28 Å². The first kappa shape index (κ1) is 25.7. The molecule has 0 saturated carbocycles. The van der Waals surface area contributed by atoms with Crippen molar-refractivity contribution in [3.63, 3.8) is 0 Å². The Bertz CT molecular complexity index is 1160. The van der Waals surface area contributed by atoms with Crippen LogP contribution in [0.5, 0.6) is 0 Å². The van der Waals surface area contributed by atoms with E-state index in [1.54, 1.807) is 40.0 Å². The molecule has 3 heterocycles. The average molecular weight is 511 g/mol. The molecule has 3 aromatic rings. The van der Waals surface area contributed by atoms with E-state index in [0.717, 1.165) is 15.3 Å². The number of ether oxygens (including phenoxy) is 2. The van der Waals surface area contributed by atoms with E-state index < -0.39 is 17.8 Å². The number of furan rings is 1. The highest BCUT2D eigenvalue weighted by Crippen LogP contribution is 2.37. The SMILES string of the molecule is COCC(Cc1sc2c(N(Cc3ccco3)C(=O)O)nc(Cl)nc2c1C)NC(=O)OC(C)(C)C. The molecular weight excluding hydrogens is 484 g/mol. The maximum atomic E-state index is 12.3. The number of amides is 2. The molecule has 0 saturated heterocycles. The number of alkyl carbamates (subject to hydrolysis) is 1. The highest BCUT2D eigenvalue weighted by atomic mass is 35.5. The maximum absolute atomic E-state index is 12.3. The quantitative estimate of drug-likeness (QED) is 0.405. The van der Waals surface area contributed by atoms with Crippen LogP contribution in [0.1, 0.15) is 37.0 Å². The topological polar surface area (TPSA) is 127 Å². The third-order valence-corrected chi connectivity index (χ3v) is 6.19. The number of anilines is 1. The standard InChI is InChI=1S/C22H27ClN4O6S/c1-12-15(9-13(11-31-5)24-20(28)33-22(2,3)4)34-17-16(12)25-19(23)26-18(17)27(21(29)30)10-14-7-6-8-32-14/h6-8,13H,9-11H2,1-5H3,(H,24,28)(H,29,30). The fourth-order valence-corrected chi connectivity index (χ4v) is 4.80. The number of fused-ring (bicyclic) bond motifs is 1. The summed E-state index contributed by atoms with van der Waals surface area (Å²) in [7, 11) is 1.55. The van der Waals surface area contributed by atoms with Crippen LogP contribution in [-0.4, -0.2) is 52.6 Å². The van der Waals surface area contributed by atoms with Crippen molar-refractivity contribution in [1.82, 2.24) is 15.3 Å². The minimum atomic E-state index is -1.20. The Labute approximate surface area is 205 Å². The fraction of sp³-hybridized carbons (Fsp3) is 0.455. The molecule has 3 aromatic heterocycles. The van der Waals surface area contributed by atoms with Crippen LogP contribution in [0.4, 0.5) is 15.4 Å². The molecule has 0 aliphatic heterocycles. The number of hydrogen-bond donors (Lipinski definition) is 2. The first-order chi connectivity index (χ1) is 16.0. The van der Waals surface area contributed by atoms with E-state index in [1.807, 2.05) is 6.92 Å². The number of carbonyl (C=O) groups is 2. The summed E-state index contributed by atoms with van der Waals surface area (Å²) < 4.78 is 16.5. The second kappa shape index (κ2) is 10.6. The number of rotatable bonds is 8. The lowest BCUT2D eigenvalue weighted by molar-refractivity contribution is 0.0469. The highest BCUT2D eigenvalue weighted by Gasteiger charge is 2.26. The maximum Gasteiger partial charge on any atom is 0.413 e. The van der Waals surface area contributed by atoms with Gasteiger partial charge in [0.05, 0.1) is 35.7 Å². The minimum absolute atomic E-state index is 0.0381. The van der Waals surface area contributed by atoms with E-state index in [4.69, 9.17) is 25.5 Å². The van der Waals surface area contributed by atoms with Gasteiger partial charge in [0.1, 0.15) is 11.4 Å². The first-order valence-electron chi connectivity index (χ1n) is 10.4. The Morgan fingerprint density at radius 3 is 2.68 bits per heavy atom. The van der Waals surface area contributed by atoms with Gasteiger partial charge in [-0.05, 0) is 57.0 Å². The lowest BCUT2D eigenvalue weighted by Crippen LogP contribution is -2.42. The van der Waals surface area contributed by atoms with Gasteiger partial charge in [0.25, 0.3) is 0 Å². The number of carbonyl (C=O) groups excluding carboxylic acids is 1. The van der Waals surface area contributed by atoms with Crippen molar-refractivity contribution < 1.29 is 28.6 Å². The summed E-state index contributed by atoms with van der Waals surface area (Å²) >= 11 is 7.51. The van der Waals surface area contributed by atoms with Crippen molar-refractivity contribution in [3.8, 4) is 0 Å². The monoisotopic (exact) mass is 510 g/mol.